The first-order valence-electron chi connectivity index (χ1n) is 8.99. The fraction of sp³-hybridized carbons (Fsp3) is 0.474. The Morgan fingerprint density at radius 2 is 2.00 bits per heavy atom. The maximum atomic E-state index is 12.5. The van der Waals surface area contributed by atoms with E-state index in [-0.39, 0.29) is 11.8 Å². The molecule has 2 aliphatic rings. The van der Waals surface area contributed by atoms with Crippen LogP contribution in [0.15, 0.2) is 34.9 Å². The Labute approximate surface area is 147 Å². The summed E-state index contributed by atoms with van der Waals surface area (Å²) in [6, 6.07) is 7.97. The largest absolute Gasteiger partial charge is 0.448 e. The number of aromatic nitrogens is 1. The van der Waals surface area contributed by atoms with Gasteiger partial charge in [-0.25, -0.2) is 4.98 Å². The summed E-state index contributed by atoms with van der Waals surface area (Å²) in [5, 5.41) is 2.93. The van der Waals surface area contributed by atoms with Crippen LogP contribution in [0.25, 0.3) is 0 Å². The fourth-order valence-electron chi connectivity index (χ4n) is 3.47. The zero-order valence-corrected chi connectivity index (χ0v) is 14.2. The Hall–Kier alpha value is -2.34. The van der Waals surface area contributed by atoms with Crippen LogP contribution in [-0.4, -0.2) is 37.2 Å². The van der Waals surface area contributed by atoms with Crippen LogP contribution in [0.5, 0.6) is 0 Å². The summed E-state index contributed by atoms with van der Waals surface area (Å²) in [6.45, 7) is 3.60. The molecule has 6 nitrogen and oxygen atoms in total. The van der Waals surface area contributed by atoms with Crippen molar-refractivity contribution in [3.8, 4) is 0 Å². The molecule has 0 aliphatic carbocycles. The number of benzene rings is 1. The van der Waals surface area contributed by atoms with E-state index in [9.17, 15) is 4.79 Å². The molecular weight excluding hydrogens is 318 g/mol. The summed E-state index contributed by atoms with van der Waals surface area (Å²) < 4.78 is 10.9. The summed E-state index contributed by atoms with van der Waals surface area (Å²) >= 11 is 0. The van der Waals surface area contributed by atoms with Gasteiger partial charge in [0.05, 0.1) is 0 Å². The number of rotatable bonds is 4. The number of oxazole rings is 1. The number of hydrogen-bond acceptors (Lipinski definition) is 5. The van der Waals surface area contributed by atoms with E-state index >= 15 is 0 Å². The smallest absolute Gasteiger partial charge is 0.277 e. The van der Waals surface area contributed by atoms with Crippen molar-refractivity contribution in [2.24, 2.45) is 0 Å². The van der Waals surface area contributed by atoms with Crippen LogP contribution in [0.3, 0.4) is 0 Å². The lowest BCUT2D eigenvalue weighted by molar-refractivity contribution is 0.0794. The van der Waals surface area contributed by atoms with Gasteiger partial charge in [-0.05, 0) is 43.9 Å². The van der Waals surface area contributed by atoms with Crippen molar-refractivity contribution in [3.63, 3.8) is 0 Å². The molecular formula is C19H23N3O3. The van der Waals surface area contributed by atoms with Crippen molar-refractivity contribution >= 4 is 17.3 Å². The van der Waals surface area contributed by atoms with E-state index in [1.165, 1.54) is 19.1 Å². The number of hydrogen-bond donors (Lipinski definition) is 1. The van der Waals surface area contributed by atoms with Crippen molar-refractivity contribution in [3.05, 3.63) is 42.1 Å². The molecule has 0 saturated carbocycles. The Kier molecular flexibility index (Phi) is 4.70. The van der Waals surface area contributed by atoms with Crippen molar-refractivity contribution in [2.75, 3.05) is 36.5 Å². The first kappa shape index (κ1) is 16.1. The molecule has 132 valence electrons. The zero-order chi connectivity index (χ0) is 17.1. The number of carbonyl (C=O) groups is 1. The SMILES string of the molecule is O=C(Nc1cccc(N2CCCC2)c1)c1coc(C2CCOCC2)n1. The van der Waals surface area contributed by atoms with Crippen molar-refractivity contribution in [2.45, 2.75) is 31.6 Å². The molecule has 2 aromatic rings. The highest BCUT2D eigenvalue weighted by atomic mass is 16.5. The van der Waals surface area contributed by atoms with E-state index in [1.54, 1.807) is 0 Å². The highest BCUT2D eigenvalue weighted by molar-refractivity contribution is 6.02. The summed E-state index contributed by atoms with van der Waals surface area (Å²) in [6.07, 6.45) is 5.68. The number of ether oxygens (including phenoxy) is 1. The molecule has 25 heavy (non-hydrogen) atoms. The van der Waals surface area contributed by atoms with Crippen LogP contribution >= 0.6 is 0 Å². The van der Waals surface area contributed by atoms with Crippen LogP contribution in [0, 0.1) is 0 Å². The molecule has 1 aromatic heterocycles. The molecule has 1 aromatic carbocycles. The predicted octanol–water partition coefficient (Wildman–Crippen LogP) is 3.42. The van der Waals surface area contributed by atoms with Crippen molar-refractivity contribution < 1.29 is 13.9 Å². The van der Waals surface area contributed by atoms with E-state index in [0.29, 0.717) is 11.6 Å². The van der Waals surface area contributed by atoms with Gasteiger partial charge in [0.15, 0.2) is 11.6 Å². The number of nitrogens with one attached hydrogen (secondary N) is 1. The highest BCUT2D eigenvalue weighted by Crippen LogP contribution is 2.27. The van der Waals surface area contributed by atoms with Crippen molar-refractivity contribution in [1.29, 1.82) is 0 Å². The minimum Gasteiger partial charge on any atom is -0.448 e. The third-order valence-electron chi connectivity index (χ3n) is 4.90. The quantitative estimate of drug-likeness (QED) is 0.923. The molecule has 1 amide bonds. The first-order valence-corrected chi connectivity index (χ1v) is 8.99. The standard InChI is InChI=1S/C19H23N3O3/c23-18(17-13-25-19(21-17)14-6-10-24-11-7-14)20-15-4-3-5-16(12-15)22-8-1-2-9-22/h3-5,12-14H,1-2,6-11H2,(H,20,23). The van der Waals surface area contributed by atoms with Gasteiger partial charge < -0.3 is 19.4 Å². The topological polar surface area (TPSA) is 67.6 Å². The van der Waals surface area contributed by atoms with Gasteiger partial charge in [0.2, 0.25) is 0 Å². The van der Waals surface area contributed by atoms with Gasteiger partial charge >= 0.3 is 0 Å². The van der Waals surface area contributed by atoms with E-state index in [1.807, 2.05) is 18.2 Å². The lowest BCUT2D eigenvalue weighted by atomic mass is 10.0. The van der Waals surface area contributed by atoms with Crippen LogP contribution in [-0.2, 0) is 4.74 Å². The van der Waals surface area contributed by atoms with Gasteiger partial charge in [0.25, 0.3) is 5.91 Å². The van der Waals surface area contributed by atoms with E-state index in [0.717, 1.165) is 50.5 Å². The summed E-state index contributed by atoms with van der Waals surface area (Å²) in [5.74, 6) is 0.647. The molecule has 6 heteroatoms. The maximum Gasteiger partial charge on any atom is 0.277 e. The molecule has 4 rings (SSSR count). The highest BCUT2D eigenvalue weighted by Gasteiger charge is 2.22. The predicted molar refractivity (Wildman–Crippen MR) is 95.1 cm³/mol. The number of amides is 1. The lowest BCUT2D eigenvalue weighted by Crippen LogP contribution is -2.18. The number of carbonyl (C=O) groups excluding carboxylic acids is 1. The van der Waals surface area contributed by atoms with Gasteiger partial charge in [0, 0.05) is 43.6 Å². The van der Waals surface area contributed by atoms with Crippen LogP contribution < -0.4 is 10.2 Å². The summed E-state index contributed by atoms with van der Waals surface area (Å²) in [7, 11) is 0. The molecule has 2 saturated heterocycles. The average molecular weight is 341 g/mol. The summed E-state index contributed by atoms with van der Waals surface area (Å²) in [5.41, 5.74) is 2.26. The molecule has 2 fully saturated rings. The Balaban J connectivity index is 1.43. The molecule has 2 aliphatic heterocycles. The minimum atomic E-state index is -0.236. The number of nitrogens with zero attached hydrogens (tertiary/aromatic N) is 2. The average Bonchev–Trinajstić information content (AvgIpc) is 3.35. The molecule has 0 unspecified atom stereocenters. The van der Waals surface area contributed by atoms with Gasteiger partial charge in [-0.15, -0.1) is 0 Å². The van der Waals surface area contributed by atoms with E-state index < -0.39 is 0 Å². The second kappa shape index (κ2) is 7.27. The lowest BCUT2D eigenvalue weighted by Gasteiger charge is -2.18. The van der Waals surface area contributed by atoms with Crippen LogP contribution in [0.4, 0.5) is 11.4 Å². The third kappa shape index (κ3) is 3.69. The molecule has 0 radical (unpaired) electrons. The Morgan fingerprint density at radius 1 is 1.20 bits per heavy atom. The zero-order valence-electron chi connectivity index (χ0n) is 14.2. The van der Waals surface area contributed by atoms with E-state index in [4.69, 9.17) is 9.15 Å². The van der Waals surface area contributed by atoms with Crippen LogP contribution in [0.1, 0.15) is 48.0 Å². The van der Waals surface area contributed by atoms with Gasteiger partial charge in [0.1, 0.15) is 6.26 Å². The molecule has 0 atom stereocenters. The second-order valence-electron chi connectivity index (χ2n) is 6.66. The second-order valence-corrected chi connectivity index (χ2v) is 6.66. The third-order valence-corrected chi connectivity index (χ3v) is 4.90. The van der Waals surface area contributed by atoms with Gasteiger partial charge in [-0.1, -0.05) is 6.07 Å². The fourth-order valence-corrected chi connectivity index (χ4v) is 3.47. The molecule has 0 bridgehead atoms. The molecule has 1 N–H and O–H groups in total. The van der Waals surface area contributed by atoms with Crippen molar-refractivity contribution in [1.82, 2.24) is 4.98 Å². The van der Waals surface area contributed by atoms with Crippen LogP contribution in [0.2, 0.25) is 0 Å². The van der Waals surface area contributed by atoms with Gasteiger partial charge in [-0.2, -0.15) is 0 Å². The summed E-state index contributed by atoms with van der Waals surface area (Å²) in [4.78, 5) is 19.2. The normalized spacial score (nSPS) is 18.5. The van der Waals surface area contributed by atoms with E-state index in [2.05, 4.69) is 21.3 Å². The number of anilines is 2. The minimum absolute atomic E-state index is 0.236. The molecule has 0 spiro atoms. The maximum absolute atomic E-state index is 12.5. The first-order chi connectivity index (χ1) is 12.3. The Morgan fingerprint density at radius 3 is 2.80 bits per heavy atom. The van der Waals surface area contributed by atoms with Gasteiger partial charge in [-0.3, -0.25) is 4.79 Å². The monoisotopic (exact) mass is 341 g/mol. The molecule has 3 heterocycles. The Bertz CT molecular complexity index is 731.